The van der Waals surface area contributed by atoms with Gasteiger partial charge in [0.1, 0.15) is 6.61 Å². The Morgan fingerprint density at radius 3 is 0.863 bits per heavy atom. The van der Waals surface area contributed by atoms with Gasteiger partial charge in [-0.05, 0) is 103 Å². The molecule has 0 rings (SSSR count). The molecular weight excluding hydrogens is 1190 g/mol. The SMILES string of the molecule is CC/C=C\C/C=C\C/C=C\C/C=C\C/C=C\C/C=C\CCCCCCCCCCCCCCCCCCC(=O)OC(COC(=O)CCCCCCCCCCCCCCCCCCCCCCCCCC/C=C\C/C=C\C/C=C\CCCCCCC)COP(=O)(O)OCCN. The number of phosphoric ester groups is 1. The zero-order valence-electron chi connectivity index (χ0n) is 62.1. The van der Waals surface area contributed by atoms with Gasteiger partial charge in [0.25, 0.3) is 0 Å². The third-order valence-corrected chi connectivity index (χ3v) is 18.6. The summed E-state index contributed by atoms with van der Waals surface area (Å²) in [6.45, 7) is 3.67. The van der Waals surface area contributed by atoms with Gasteiger partial charge in [-0.1, -0.05) is 380 Å². The largest absolute Gasteiger partial charge is 0.472 e. The Labute approximate surface area is 588 Å². The van der Waals surface area contributed by atoms with Crippen molar-refractivity contribution in [3.05, 3.63) is 109 Å². The molecular formula is C85H152NO8P. The number of esters is 2. The molecule has 0 spiro atoms. The van der Waals surface area contributed by atoms with E-state index >= 15 is 0 Å². The second kappa shape index (κ2) is 79.7. The first kappa shape index (κ1) is 91.7. The van der Waals surface area contributed by atoms with Crippen molar-refractivity contribution in [2.75, 3.05) is 26.4 Å². The molecule has 0 saturated carbocycles. The molecule has 0 aliphatic heterocycles. The number of allylic oxidation sites excluding steroid dienone is 18. The van der Waals surface area contributed by atoms with Gasteiger partial charge in [0.05, 0.1) is 13.2 Å². The third kappa shape index (κ3) is 79.5. The smallest absolute Gasteiger partial charge is 0.462 e. The minimum absolute atomic E-state index is 0.0523. The van der Waals surface area contributed by atoms with Crippen LogP contribution in [0.15, 0.2) is 109 Å². The van der Waals surface area contributed by atoms with Crippen LogP contribution in [0.2, 0.25) is 0 Å². The predicted octanol–water partition coefficient (Wildman–Crippen LogP) is 27.2. The van der Waals surface area contributed by atoms with Crippen LogP contribution < -0.4 is 5.73 Å². The number of hydrogen-bond donors (Lipinski definition) is 2. The molecule has 3 N–H and O–H groups in total. The highest BCUT2D eigenvalue weighted by Crippen LogP contribution is 2.43. The van der Waals surface area contributed by atoms with Crippen molar-refractivity contribution in [3.8, 4) is 0 Å². The molecule has 0 aliphatic rings. The van der Waals surface area contributed by atoms with Crippen molar-refractivity contribution < 1.29 is 37.6 Å². The summed E-state index contributed by atoms with van der Waals surface area (Å²) in [7, 11) is -4.40. The number of nitrogens with two attached hydrogens (primary N) is 1. The lowest BCUT2D eigenvalue weighted by Gasteiger charge is -2.19. The fourth-order valence-corrected chi connectivity index (χ4v) is 12.5. The topological polar surface area (TPSA) is 134 Å². The molecule has 10 heteroatoms. The number of carbonyl (C=O) groups excluding carboxylic acids is 2. The summed E-state index contributed by atoms with van der Waals surface area (Å²) >= 11 is 0. The lowest BCUT2D eigenvalue weighted by Crippen LogP contribution is -2.29. The van der Waals surface area contributed by atoms with Crippen LogP contribution in [0.1, 0.15) is 386 Å². The Morgan fingerprint density at radius 1 is 0.326 bits per heavy atom. The fraction of sp³-hybridized carbons (Fsp3) is 0.765. The number of carbonyl (C=O) groups is 2. The maximum atomic E-state index is 12.8. The number of hydrogen-bond acceptors (Lipinski definition) is 8. The van der Waals surface area contributed by atoms with Gasteiger partial charge in [0, 0.05) is 19.4 Å². The number of rotatable bonds is 76. The van der Waals surface area contributed by atoms with Crippen molar-refractivity contribution in [2.45, 2.75) is 392 Å². The summed E-state index contributed by atoms with van der Waals surface area (Å²) in [5.41, 5.74) is 5.42. The summed E-state index contributed by atoms with van der Waals surface area (Å²) in [4.78, 5) is 35.5. The van der Waals surface area contributed by atoms with E-state index in [4.69, 9.17) is 24.3 Å². The van der Waals surface area contributed by atoms with E-state index < -0.39 is 26.5 Å². The first-order valence-electron chi connectivity index (χ1n) is 40.4. The number of phosphoric acid groups is 1. The average Bonchev–Trinajstić information content (AvgIpc) is 3.32. The van der Waals surface area contributed by atoms with Crippen LogP contribution in [0.25, 0.3) is 0 Å². The Balaban J connectivity index is 3.79. The lowest BCUT2D eigenvalue weighted by atomic mass is 10.0. The normalized spacial score (nSPS) is 13.4. The quantitative estimate of drug-likeness (QED) is 0.0264. The molecule has 0 saturated heterocycles. The lowest BCUT2D eigenvalue weighted by molar-refractivity contribution is -0.161. The first-order valence-corrected chi connectivity index (χ1v) is 41.9. The van der Waals surface area contributed by atoms with E-state index in [0.29, 0.717) is 6.42 Å². The van der Waals surface area contributed by atoms with Gasteiger partial charge in [-0.3, -0.25) is 18.6 Å². The van der Waals surface area contributed by atoms with Crippen LogP contribution in [-0.4, -0.2) is 49.3 Å². The highest BCUT2D eigenvalue weighted by atomic mass is 31.2. The summed E-state index contributed by atoms with van der Waals surface area (Å²) in [6, 6.07) is 0. The maximum absolute atomic E-state index is 12.8. The monoisotopic (exact) mass is 1350 g/mol. The molecule has 0 heterocycles. The summed E-state index contributed by atoms with van der Waals surface area (Å²) in [5.74, 6) is -0.812. The molecule has 95 heavy (non-hydrogen) atoms. The molecule has 0 fully saturated rings. The van der Waals surface area contributed by atoms with E-state index in [-0.39, 0.29) is 38.6 Å². The van der Waals surface area contributed by atoms with Gasteiger partial charge < -0.3 is 20.1 Å². The molecule has 0 aromatic heterocycles. The molecule has 550 valence electrons. The van der Waals surface area contributed by atoms with Crippen LogP contribution in [0.5, 0.6) is 0 Å². The Morgan fingerprint density at radius 2 is 0.579 bits per heavy atom. The third-order valence-electron chi connectivity index (χ3n) is 17.6. The van der Waals surface area contributed by atoms with E-state index in [9.17, 15) is 19.0 Å². The minimum Gasteiger partial charge on any atom is -0.462 e. The molecule has 2 unspecified atom stereocenters. The van der Waals surface area contributed by atoms with Crippen LogP contribution >= 0.6 is 7.82 Å². The highest BCUT2D eigenvalue weighted by Gasteiger charge is 2.26. The Hall–Kier alpha value is -3.33. The molecule has 0 aromatic carbocycles. The Bertz CT molecular complexity index is 1930. The van der Waals surface area contributed by atoms with Crippen molar-refractivity contribution >= 4 is 19.8 Å². The van der Waals surface area contributed by atoms with Gasteiger partial charge >= 0.3 is 19.8 Å². The van der Waals surface area contributed by atoms with Crippen molar-refractivity contribution in [3.63, 3.8) is 0 Å². The molecule has 0 amide bonds. The minimum atomic E-state index is -4.40. The van der Waals surface area contributed by atoms with E-state index in [1.807, 2.05) is 0 Å². The second-order valence-corrected chi connectivity index (χ2v) is 28.4. The van der Waals surface area contributed by atoms with E-state index in [1.54, 1.807) is 0 Å². The van der Waals surface area contributed by atoms with E-state index in [0.717, 1.165) is 89.9 Å². The van der Waals surface area contributed by atoms with Crippen molar-refractivity contribution in [2.24, 2.45) is 5.73 Å². The van der Waals surface area contributed by atoms with Crippen LogP contribution in [0.4, 0.5) is 0 Å². The molecule has 0 aliphatic carbocycles. The predicted molar refractivity (Wildman–Crippen MR) is 413 cm³/mol. The van der Waals surface area contributed by atoms with Crippen molar-refractivity contribution in [1.29, 1.82) is 0 Å². The van der Waals surface area contributed by atoms with Crippen LogP contribution in [0.3, 0.4) is 0 Å². The maximum Gasteiger partial charge on any atom is 0.472 e. The van der Waals surface area contributed by atoms with Gasteiger partial charge in [-0.15, -0.1) is 0 Å². The van der Waals surface area contributed by atoms with Gasteiger partial charge in [0.15, 0.2) is 6.10 Å². The number of ether oxygens (including phenoxy) is 2. The Kier molecular flexibility index (Phi) is 76.9. The zero-order chi connectivity index (χ0) is 68.6. The summed E-state index contributed by atoms with van der Waals surface area (Å²) in [6.07, 6.45) is 111. The molecule has 0 aromatic rings. The van der Waals surface area contributed by atoms with Gasteiger partial charge in [-0.25, -0.2) is 4.57 Å². The standard InChI is InChI=1S/C85H152NO8P/c1-3-5-7-9-11-13-15-17-19-21-23-25-27-29-31-33-35-37-39-40-41-42-44-45-47-49-51-53-55-57-59-61-63-65-67-69-71-73-75-77-84(87)91-81-83(82-93-95(89,90)92-80-79-86)94-85(88)78-76-74-72-70-68-66-64-62-60-58-56-54-52-50-48-46-43-38-36-34-32-30-28-26-24-22-20-18-16-14-12-10-8-6-4-2/h6,8,12,14-15,17-18,20-21,23-24,26-27,29-30,32,36,38,83H,3-5,7,9-11,13,16,19,22,25,28,31,33-35,37,39-82,86H2,1-2H3,(H,89,90)/b8-6-,14-12-,17-15-,20-18-,23-21-,26-24-,29-27-,32-30-,38-36-. The molecule has 2 atom stereocenters. The van der Waals surface area contributed by atoms with Crippen LogP contribution in [0, 0.1) is 0 Å². The molecule has 9 nitrogen and oxygen atoms in total. The van der Waals surface area contributed by atoms with E-state index in [1.165, 1.54) is 263 Å². The van der Waals surface area contributed by atoms with Crippen molar-refractivity contribution in [1.82, 2.24) is 0 Å². The first-order chi connectivity index (χ1) is 46.8. The summed E-state index contributed by atoms with van der Waals surface area (Å²) < 4.78 is 33.3. The second-order valence-electron chi connectivity index (χ2n) is 26.9. The van der Waals surface area contributed by atoms with E-state index in [2.05, 4.69) is 123 Å². The molecule has 0 radical (unpaired) electrons. The highest BCUT2D eigenvalue weighted by molar-refractivity contribution is 7.47. The average molecular weight is 1350 g/mol. The number of unbranched alkanes of at least 4 members (excludes halogenated alkanes) is 45. The molecule has 0 bridgehead atoms. The van der Waals surface area contributed by atoms with Crippen LogP contribution in [-0.2, 0) is 32.7 Å². The summed E-state index contributed by atoms with van der Waals surface area (Å²) in [5, 5.41) is 0. The zero-order valence-corrected chi connectivity index (χ0v) is 63.0. The van der Waals surface area contributed by atoms with Gasteiger partial charge in [0.2, 0.25) is 0 Å². The van der Waals surface area contributed by atoms with Gasteiger partial charge in [-0.2, -0.15) is 0 Å². The fourth-order valence-electron chi connectivity index (χ4n) is 11.7.